The standard InChI is InChI=1S/C29H37Cl2N5O3/c1-20-27(33-29(37)32-26-19-25(31)24(30)18-22(26)8-7-16-38-3)36(23-9-5-4-6-10-23)34-28(20)39-17-13-21-11-14-35(2)15-12-21/h4-6,9-10,18-19,21H,7-8,11-17H2,1-3H3,(H2,32,33,37). The lowest BCUT2D eigenvalue weighted by atomic mass is 9.94. The van der Waals surface area contributed by atoms with Crippen LogP contribution < -0.4 is 15.4 Å². The van der Waals surface area contributed by atoms with Gasteiger partial charge in [-0.05, 0) is 94.9 Å². The fourth-order valence-corrected chi connectivity index (χ4v) is 5.12. The normalized spacial score (nSPS) is 14.4. The monoisotopic (exact) mass is 573 g/mol. The molecule has 2 N–H and O–H groups in total. The molecule has 8 nitrogen and oxygen atoms in total. The van der Waals surface area contributed by atoms with Gasteiger partial charge in [-0.1, -0.05) is 41.4 Å². The first kappa shape index (κ1) is 29.2. The number of rotatable bonds is 11. The summed E-state index contributed by atoms with van der Waals surface area (Å²) in [7, 11) is 3.83. The molecule has 0 spiro atoms. The number of amides is 2. The Kier molecular flexibility index (Phi) is 10.5. The summed E-state index contributed by atoms with van der Waals surface area (Å²) < 4.78 is 13.0. The molecule has 0 unspecified atom stereocenters. The summed E-state index contributed by atoms with van der Waals surface area (Å²) in [6, 6.07) is 12.7. The molecular formula is C29H37Cl2N5O3. The lowest BCUT2D eigenvalue weighted by Crippen LogP contribution is -2.30. The quantitative estimate of drug-likeness (QED) is 0.246. The number of ether oxygens (including phenoxy) is 2. The van der Waals surface area contributed by atoms with E-state index in [1.807, 2.05) is 37.3 Å². The van der Waals surface area contributed by atoms with E-state index in [2.05, 4.69) is 22.6 Å². The van der Waals surface area contributed by atoms with E-state index in [9.17, 15) is 4.79 Å². The molecule has 1 saturated heterocycles. The highest BCUT2D eigenvalue weighted by Crippen LogP contribution is 2.32. The van der Waals surface area contributed by atoms with Crippen LogP contribution in [0.1, 0.15) is 36.8 Å². The molecule has 2 heterocycles. The number of carbonyl (C=O) groups is 1. The third-order valence-electron chi connectivity index (χ3n) is 7.10. The zero-order valence-electron chi connectivity index (χ0n) is 22.8. The third kappa shape index (κ3) is 7.88. The Morgan fingerprint density at radius 1 is 1.08 bits per heavy atom. The maximum atomic E-state index is 13.2. The molecular weight excluding hydrogens is 537 g/mol. The van der Waals surface area contributed by atoms with E-state index in [0.717, 1.165) is 42.7 Å². The minimum Gasteiger partial charge on any atom is -0.476 e. The number of carbonyl (C=O) groups excluding carboxylic acids is 1. The molecule has 3 aromatic rings. The van der Waals surface area contributed by atoms with Gasteiger partial charge in [0.1, 0.15) is 5.82 Å². The summed E-state index contributed by atoms with van der Waals surface area (Å²) in [6.45, 7) is 5.34. The molecule has 4 rings (SSSR count). The van der Waals surface area contributed by atoms with Crippen LogP contribution in [-0.2, 0) is 11.2 Å². The second kappa shape index (κ2) is 14.0. The van der Waals surface area contributed by atoms with Crippen molar-refractivity contribution in [1.29, 1.82) is 0 Å². The van der Waals surface area contributed by atoms with Crippen molar-refractivity contribution in [3.8, 4) is 11.6 Å². The predicted octanol–water partition coefficient (Wildman–Crippen LogP) is 6.82. The van der Waals surface area contributed by atoms with Crippen molar-refractivity contribution in [2.45, 2.75) is 39.0 Å². The lowest BCUT2D eigenvalue weighted by Gasteiger charge is -2.28. The molecule has 1 fully saturated rings. The zero-order valence-corrected chi connectivity index (χ0v) is 24.3. The summed E-state index contributed by atoms with van der Waals surface area (Å²) >= 11 is 12.5. The van der Waals surface area contributed by atoms with E-state index < -0.39 is 6.03 Å². The first-order chi connectivity index (χ1) is 18.9. The summed E-state index contributed by atoms with van der Waals surface area (Å²) in [6.07, 6.45) is 4.82. The largest absolute Gasteiger partial charge is 0.476 e. The van der Waals surface area contributed by atoms with Gasteiger partial charge in [0.15, 0.2) is 0 Å². The molecule has 1 aliphatic rings. The molecule has 39 heavy (non-hydrogen) atoms. The van der Waals surface area contributed by atoms with Crippen molar-refractivity contribution < 1.29 is 14.3 Å². The number of nitrogens with zero attached hydrogens (tertiary/aromatic N) is 3. The molecule has 0 bridgehead atoms. The molecule has 10 heteroatoms. The number of aromatic nitrogens is 2. The van der Waals surface area contributed by atoms with Gasteiger partial charge in [0.05, 0.1) is 27.9 Å². The molecule has 0 atom stereocenters. The molecule has 0 aliphatic carbocycles. The Morgan fingerprint density at radius 3 is 2.51 bits per heavy atom. The Labute approximate surface area is 240 Å². The number of para-hydroxylation sites is 1. The number of hydrogen-bond donors (Lipinski definition) is 2. The van der Waals surface area contributed by atoms with Crippen molar-refractivity contribution in [2.75, 3.05) is 51.1 Å². The summed E-state index contributed by atoms with van der Waals surface area (Å²) in [5.74, 6) is 1.70. The topological polar surface area (TPSA) is 80.7 Å². The summed E-state index contributed by atoms with van der Waals surface area (Å²) in [5.41, 5.74) is 3.04. The number of benzene rings is 2. The Bertz CT molecular complexity index is 1240. The van der Waals surface area contributed by atoms with Crippen LogP contribution in [-0.4, -0.2) is 61.2 Å². The maximum Gasteiger partial charge on any atom is 0.324 e. The predicted molar refractivity (Wildman–Crippen MR) is 158 cm³/mol. The minimum absolute atomic E-state index is 0.369. The number of likely N-dealkylation sites (tertiary alicyclic amines) is 1. The van der Waals surface area contributed by atoms with Crippen molar-refractivity contribution in [1.82, 2.24) is 14.7 Å². The highest BCUT2D eigenvalue weighted by Gasteiger charge is 2.21. The van der Waals surface area contributed by atoms with Gasteiger partial charge in [0.2, 0.25) is 5.88 Å². The fraction of sp³-hybridized carbons (Fsp3) is 0.448. The average Bonchev–Trinajstić information content (AvgIpc) is 3.23. The van der Waals surface area contributed by atoms with Gasteiger partial charge in [-0.15, -0.1) is 5.10 Å². The number of aryl methyl sites for hydroxylation is 1. The molecule has 0 radical (unpaired) electrons. The molecule has 210 valence electrons. The van der Waals surface area contributed by atoms with Gasteiger partial charge in [-0.3, -0.25) is 5.32 Å². The van der Waals surface area contributed by atoms with Crippen LogP contribution in [0.4, 0.5) is 16.3 Å². The van der Waals surface area contributed by atoms with E-state index in [-0.39, 0.29) is 0 Å². The van der Waals surface area contributed by atoms with Crippen LogP contribution in [0, 0.1) is 12.8 Å². The Morgan fingerprint density at radius 2 is 1.79 bits per heavy atom. The van der Waals surface area contributed by atoms with E-state index in [1.54, 1.807) is 23.9 Å². The van der Waals surface area contributed by atoms with E-state index in [4.69, 9.17) is 37.8 Å². The fourth-order valence-electron chi connectivity index (χ4n) is 4.77. The van der Waals surface area contributed by atoms with Crippen molar-refractivity contribution in [2.24, 2.45) is 5.92 Å². The van der Waals surface area contributed by atoms with Crippen LogP contribution >= 0.6 is 23.2 Å². The summed E-state index contributed by atoms with van der Waals surface area (Å²) in [4.78, 5) is 15.6. The van der Waals surface area contributed by atoms with Crippen LogP contribution in [0.15, 0.2) is 42.5 Å². The highest BCUT2D eigenvalue weighted by molar-refractivity contribution is 6.42. The van der Waals surface area contributed by atoms with Gasteiger partial charge in [-0.25, -0.2) is 9.48 Å². The van der Waals surface area contributed by atoms with Gasteiger partial charge >= 0.3 is 6.03 Å². The van der Waals surface area contributed by atoms with Crippen molar-refractivity contribution >= 4 is 40.7 Å². The third-order valence-corrected chi connectivity index (χ3v) is 7.83. The Balaban J connectivity index is 1.50. The van der Waals surface area contributed by atoms with Crippen LogP contribution in [0.5, 0.6) is 5.88 Å². The van der Waals surface area contributed by atoms with E-state index >= 15 is 0 Å². The molecule has 2 aromatic carbocycles. The second-order valence-corrected chi connectivity index (χ2v) is 10.8. The molecule has 1 aliphatic heterocycles. The number of urea groups is 1. The van der Waals surface area contributed by atoms with Crippen LogP contribution in [0.2, 0.25) is 10.0 Å². The molecule has 0 saturated carbocycles. The van der Waals surface area contributed by atoms with E-state index in [0.29, 0.717) is 53.0 Å². The molecule has 2 amide bonds. The second-order valence-electron chi connectivity index (χ2n) is 10.0. The smallest absolute Gasteiger partial charge is 0.324 e. The van der Waals surface area contributed by atoms with Crippen LogP contribution in [0.3, 0.4) is 0 Å². The zero-order chi connectivity index (χ0) is 27.8. The van der Waals surface area contributed by atoms with Gasteiger partial charge in [-0.2, -0.15) is 0 Å². The van der Waals surface area contributed by atoms with E-state index in [1.165, 1.54) is 12.8 Å². The Hall–Kier alpha value is -2.78. The highest BCUT2D eigenvalue weighted by atomic mass is 35.5. The first-order valence-corrected chi connectivity index (χ1v) is 14.1. The number of anilines is 2. The number of methoxy groups -OCH3 is 1. The summed E-state index contributed by atoms with van der Waals surface area (Å²) in [5, 5.41) is 11.5. The molecule has 1 aromatic heterocycles. The average molecular weight is 575 g/mol. The first-order valence-electron chi connectivity index (χ1n) is 13.4. The number of hydrogen-bond acceptors (Lipinski definition) is 5. The van der Waals surface area contributed by atoms with Gasteiger partial charge < -0.3 is 19.7 Å². The van der Waals surface area contributed by atoms with Gasteiger partial charge in [0.25, 0.3) is 0 Å². The van der Waals surface area contributed by atoms with Crippen LogP contribution in [0.25, 0.3) is 5.69 Å². The van der Waals surface area contributed by atoms with Crippen molar-refractivity contribution in [3.05, 3.63) is 63.6 Å². The number of halogens is 2. The lowest BCUT2D eigenvalue weighted by molar-refractivity contribution is 0.185. The van der Waals surface area contributed by atoms with Crippen molar-refractivity contribution in [3.63, 3.8) is 0 Å². The van der Waals surface area contributed by atoms with Gasteiger partial charge in [0, 0.05) is 19.4 Å². The number of nitrogens with one attached hydrogen (secondary N) is 2. The maximum absolute atomic E-state index is 13.2. The SMILES string of the molecule is COCCCc1cc(Cl)c(Cl)cc1NC(=O)Nc1c(C)c(OCCC2CCN(C)CC2)nn1-c1ccccc1. The number of piperidine rings is 1. The minimum atomic E-state index is -0.417.